The average Bonchev–Trinajstić information content (AvgIpc) is 2.28. The van der Waals surface area contributed by atoms with Crippen molar-refractivity contribution in [2.24, 2.45) is 0 Å². The Balaban J connectivity index is 2.90. The van der Waals surface area contributed by atoms with Gasteiger partial charge in [0.15, 0.2) is 6.04 Å². The Morgan fingerprint density at radius 2 is 2.12 bits per heavy atom. The summed E-state index contributed by atoms with van der Waals surface area (Å²) in [6.07, 6.45) is 0. The molecule has 0 aliphatic carbocycles. The third-order valence-electron chi connectivity index (χ3n) is 2.30. The molecule has 0 bridgehead atoms. The molecule has 0 saturated carbocycles. The molecule has 1 atom stereocenters. The average molecular weight is 241 g/mol. The number of halogens is 1. The van der Waals surface area contributed by atoms with Gasteiger partial charge in [0.25, 0.3) is 5.91 Å². The third kappa shape index (κ3) is 3.01. The van der Waals surface area contributed by atoms with Gasteiger partial charge in [0.05, 0.1) is 6.61 Å². The highest BCUT2D eigenvalue weighted by atomic mass is 19.1. The molecule has 1 aromatic rings. The molecule has 5 nitrogen and oxygen atoms in total. The second kappa shape index (κ2) is 5.40. The smallest absolute Gasteiger partial charge is 0.328 e. The Kier molecular flexibility index (Phi) is 4.17. The van der Waals surface area contributed by atoms with Gasteiger partial charge in [0, 0.05) is 5.56 Å². The summed E-state index contributed by atoms with van der Waals surface area (Å²) in [6, 6.07) is 2.54. The Morgan fingerprint density at radius 3 is 2.65 bits per heavy atom. The zero-order valence-corrected chi connectivity index (χ0v) is 9.11. The lowest BCUT2D eigenvalue weighted by molar-refractivity contribution is -0.140. The molecule has 92 valence electrons. The van der Waals surface area contributed by atoms with Gasteiger partial charge >= 0.3 is 5.97 Å². The van der Waals surface area contributed by atoms with E-state index in [1.165, 1.54) is 25.1 Å². The first-order valence-electron chi connectivity index (χ1n) is 4.87. The van der Waals surface area contributed by atoms with Crippen molar-refractivity contribution in [1.29, 1.82) is 0 Å². The standard InChI is InChI=1S/C11H12FNO4/c1-6-7(3-2-4-8(6)12)10(15)13-9(5-14)11(16)17/h2-4,9,14H,5H2,1H3,(H,13,15)(H,16,17)/t9-/m0/s1. The number of rotatable bonds is 4. The number of carboxylic acid groups (broad SMARTS) is 1. The zero-order valence-electron chi connectivity index (χ0n) is 9.11. The molecule has 0 aliphatic heterocycles. The summed E-state index contributed by atoms with van der Waals surface area (Å²) in [7, 11) is 0. The molecule has 0 spiro atoms. The van der Waals surface area contributed by atoms with Crippen LogP contribution < -0.4 is 5.32 Å². The predicted molar refractivity (Wildman–Crippen MR) is 57.1 cm³/mol. The fraction of sp³-hybridized carbons (Fsp3) is 0.273. The quantitative estimate of drug-likeness (QED) is 0.708. The van der Waals surface area contributed by atoms with E-state index in [1.807, 2.05) is 0 Å². The van der Waals surface area contributed by atoms with Crippen molar-refractivity contribution >= 4 is 11.9 Å². The molecule has 0 aliphatic rings. The lowest BCUT2D eigenvalue weighted by Crippen LogP contribution is -2.43. The van der Waals surface area contributed by atoms with Gasteiger partial charge < -0.3 is 15.5 Å². The third-order valence-corrected chi connectivity index (χ3v) is 2.30. The zero-order chi connectivity index (χ0) is 13.0. The van der Waals surface area contributed by atoms with Gasteiger partial charge in [-0.15, -0.1) is 0 Å². The van der Waals surface area contributed by atoms with E-state index in [9.17, 15) is 14.0 Å². The summed E-state index contributed by atoms with van der Waals surface area (Å²) >= 11 is 0. The van der Waals surface area contributed by atoms with Gasteiger partial charge in [-0.3, -0.25) is 4.79 Å². The molecule has 0 aromatic heterocycles. The number of nitrogens with one attached hydrogen (secondary N) is 1. The molecule has 0 heterocycles. The molecule has 1 aromatic carbocycles. The lowest BCUT2D eigenvalue weighted by atomic mass is 10.1. The molecule has 0 unspecified atom stereocenters. The maximum Gasteiger partial charge on any atom is 0.328 e. The van der Waals surface area contributed by atoms with Gasteiger partial charge in [-0.25, -0.2) is 9.18 Å². The van der Waals surface area contributed by atoms with Crippen LogP contribution in [-0.2, 0) is 4.79 Å². The van der Waals surface area contributed by atoms with E-state index in [2.05, 4.69) is 5.32 Å². The van der Waals surface area contributed by atoms with Gasteiger partial charge in [0.2, 0.25) is 0 Å². The Morgan fingerprint density at radius 1 is 1.47 bits per heavy atom. The van der Waals surface area contributed by atoms with Gasteiger partial charge in [-0.1, -0.05) is 6.07 Å². The minimum atomic E-state index is -1.40. The molecular weight excluding hydrogens is 229 g/mol. The first kappa shape index (κ1) is 13.1. The predicted octanol–water partition coefficient (Wildman–Crippen LogP) is 0.309. The Hall–Kier alpha value is -1.95. The van der Waals surface area contributed by atoms with Crippen LogP contribution in [0, 0.1) is 12.7 Å². The van der Waals surface area contributed by atoms with Crippen LogP contribution in [0.5, 0.6) is 0 Å². The van der Waals surface area contributed by atoms with Crippen LogP contribution in [0.2, 0.25) is 0 Å². The molecular formula is C11H12FNO4. The number of aliphatic hydroxyl groups is 1. The SMILES string of the molecule is Cc1c(F)cccc1C(=O)N[C@@H](CO)C(=O)O. The second-order valence-corrected chi connectivity index (χ2v) is 3.46. The van der Waals surface area contributed by atoms with E-state index in [0.717, 1.165) is 0 Å². The Bertz CT molecular complexity index is 447. The van der Waals surface area contributed by atoms with E-state index >= 15 is 0 Å². The number of aliphatic carboxylic acids is 1. The number of amides is 1. The fourth-order valence-electron chi connectivity index (χ4n) is 1.27. The lowest BCUT2D eigenvalue weighted by Gasteiger charge is -2.12. The van der Waals surface area contributed by atoms with Gasteiger partial charge in [0.1, 0.15) is 5.82 Å². The summed E-state index contributed by atoms with van der Waals surface area (Å²) in [5.74, 6) is -2.63. The van der Waals surface area contributed by atoms with Crippen LogP contribution in [-0.4, -0.2) is 34.7 Å². The van der Waals surface area contributed by atoms with Crippen molar-refractivity contribution in [1.82, 2.24) is 5.32 Å². The fourth-order valence-corrected chi connectivity index (χ4v) is 1.27. The van der Waals surface area contributed by atoms with Crippen LogP contribution >= 0.6 is 0 Å². The van der Waals surface area contributed by atoms with Crippen LogP contribution in [0.4, 0.5) is 4.39 Å². The number of hydrogen-bond donors (Lipinski definition) is 3. The van der Waals surface area contributed by atoms with Crippen molar-refractivity contribution in [2.75, 3.05) is 6.61 Å². The van der Waals surface area contributed by atoms with Crippen molar-refractivity contribution in [3.8, 4) is 0 Å². The van der Waals surface area contributed by atoms with E-state index in [1.54, 1.807) is 0 Å². The first-order valence-corrected chi connectivity index (χ1v) is 4.87. The summed E-state index contributed by atoms with van der Waals surface area (Å²) in [5.41, 5.74) is 0.178. The molecule has 6 heteroatoms. The van der Waals surface area contributed by atoms with Gasteiger partial charge in [-0.2, -0.15) is 0 Å². The van der Waals surface area contributed by atoms with E-state index in [-0.39, 0.29) is 11.1 Å². The number of carbonyl (C=O) groups excluding carboxylic acids is 1. The molecule has 1 rings (SSSR count). The monoisotopic (exact) mass is 241 g/mol. The maximum absolute atomic E-state index is 13.2. The minimum Gasteiger partial charge on any atom is -0.480 e. The van der Waals surface area contributed by atoms with Crippen molar-refractivity contribution in [2.45, 2.75) is 13.0 Å². The van der Waals surface area contributed by atoms with Crippen LogP contribution in [0.1, 0.15) is 15.9 Å². The van der Waals surface area contributed by atoms with Crippen molar-refractivity contribution in [3.05, 3.63) is 35.1 Å². The highest BCUT2D eigenvalue weighted by Crippen LogP contribution is 2.11. The van der Waals surface area contributed by atoms with Gasteiger partial charge in [-0.05, 0) is 24.6 Å². The maximum atomic E-state index is 13.2. The first-order chi connectivity index (χ1) is 7.97. The van der Waals surface area contributed by atoms with E-state index in [4.69, 9.17) is 10.2 Å². The molecule has 0 saturated heterocycles. The number of carboxylic acids is 1. The van der Waals surface area contributed by atoms with Crippen molar-refractivity contribution in [3.63, 3.8) is 0 Å². The van der Waals surface area contributed by atoms with Crippen LogP contribution in [0.25, 0.3) is 0 Å². The molecule has 3 N–H and O–H groups in total. The van der Waals surface area contributed by atoms with Crippen LogP contribution in [0.3, 0.4) is 0 Å². The summed E-state index contributed by atoms with van der Waals surface area (Å²) in [4.78, 5) is 22.2. The van der Waals surface area contributed by atoms with E-state index < -0.39 is 30.3 Å². The molecule has 17 heavy (non-hydrogen) atoms. The molecule has 0 fully saturated rings. The molecule has 0 radical (unpaired) electrons. The topological polar surface area (TPSA) is 86.6 Å². The Labute approximate surface area is 96.9 Å². The summed E-state index contributed by atoms with van der Waals surface area (Å²) < 4.78 is 13.2. The minimum absolute atomic E-state index is 0.0460. The second-order valence-electron chi connectivity index (χ2n) is 3.46. The number of carbonyl (C=O) groups is 2. The highest BCUT2D eigenvalue weighted by Gasteiger charge is 2.20. The number of aliphatic hydroxyl groups excluding tert-OH is 1. The highest BCUT2D eigenvalue weighted by molar-refractivity contribution is 5.97. The normalized spacial score (nSPS) is 11.9. The van der Waals surface area contributed by atoms with Crippen molar-refractivity contribution < 1.29 is 24.2 Å². The number of hydrogen-bond acceptors (Lipinski definition) is 3. The van der Waals surface area contributed by atoms with Crippen LogP contribution in [0.15, 0.2) is 18.2 Å². The molecule has 1 amide bonds. The summed E-state index contributed by atoms with van der Waals surface area (Å²) in [5, 5.41) is 19.5. The summed E-state index contributed by atoms with van der Waals surface area (Å²) in [6.45, 7) is 0.689. The van der Waals surface area contributed by atoms with E-state index in [0.29, 0.717) is 0 Å². The number of benzene rings is 1. The largest absolute Gasteiger partial charge is 0.480 e.